The van der Waals surface area contributed by atoms with Crippen molar-refractivity contribution in [3.05, 3.63) is 48.0 Å². The van der Waals surface area contributed by atoms with Crippen molar-refractivity contribution < 1.29 is 23.8 Å². The molecule has 0 bridgehead atoms. The number of methoxy groups -OCH3 is 1. The van der Waals surface area contributed by atoms with Crippen LogP contribution in [-0.4, -0.2) is 25.6 Å². The summed E-state index contributed by atoms with van der Waals surface area (Å²) in [7, 11) is 1.53. The first-order valence-corrected chi connectivity index (χ1v) is 6.58. The fourth-order valence-corrected chi connectivity index (χ4v) is 2.03. The van der Waals surface area contributed by atoms with Gasteiger partial charge >= 0.3 is 5.97 Å². The molecule has 0 spiro atoms. The van der Waals surface area contributed by atoms with E-state index in [0.717, 1.165) is 0 Å². The van der Waals surface area contributed by atoms with Gasteiger partial charge in [0.2, 0.25) is 0 Å². The molecule has 1 aliphatic heterocycles. The van der Waals surface area contributed by atoms with Gasteiger partial charge in [0.15, 0.2) is 6.61 Å². The Morgan fingerprint density at radius 3 is 2.86 bits per heavy atom. The van der Waals surface area contributed by atoms with Crippen LogP contribution in [0.1, 0.15) is 10.4 Å². The molecule has 22 heavy (non-hydrogen) atoms. The summed E-state index contributed by atoms with van der Waals surface area (Å²) >= 11 is 0. The molecule has 6 nitrogen and oxygen atoms in total. The summed E-state index contributed by atoms with van der Waals surface area (Å²) in [5, 5.41) is 2.67. The molecule has 1 amide bonds. The first-order chi connectivity index (χ1) is 10.7. The molecule has 0 atom stereocenters. The maximum atomic E-state index is 12.1. The summed E-state index contributed by atoms with van der Waals surface area (Å²) in [6.45, 7) is -0.0553. The van der Waals surface area contributed by atoms with Crippen molar-refractivity contribution >= 4 is 17.6 Å². The number of rotatable bonds is 3. The van der Waals surface area contributed by atoms with Crippen LogP contribution < -0.4 is 19.5 Å². The van der Waals surface area contributed by atoms with Crippen molar-refractivity contribution in [1.29, 1.82) is 0 Å². The summed E-state index contributed by atoms with van der Waals surface area (Å²) in [5.41, 5.74) is 0.934. The summed E-state index contributed by atoms with van der Waals surface area (Å²) in [6, 6.07) is 11.5. The number of nitrogens with one attached hydrogen (secondary N) is 1. The van der Waals surface area contributed by atoms with Crippen LogP contribution in [0.2, 0.25) is 0 Å². The topological polar surface area (TPSA) is 73.9 Å². The van der Waals surface area contributed by atoms with E-state index in [9.17, 15) is 9.59 Å². The van der Waals surface area contributed by atoms with Gasteiger partial charge in [0.25, 0.3) is 5.91 Å². The van der Waals surface area contributed by atoms with Gasteiger partial charge in [-0.2, -0.15) is 0 Å². The molecule has 0 saturated heterocycles. The largest absolute Gasteiger partial charge is 0.497 e. The van der Waals surface area contributed by atoms with E-state index >= 15 is 0 Å². The first kappa shape index (κ1) is 13.9. The van der Waals surface area contributed by atoms with Crippen LogP contribution in [0.25, 0.3) is 0 Å². The first-order valence-electron chi connectivity index (χ1n) is 6.58. The second-order valence-corrected chi connectivity index (χ2v) is 4.62. The van der Waals surface area contributed by atoms with Crippen LogP contribution in [0.5, 0.6) is 17.2 Å². The van der Waals surface area contributed by atoms with Crippen LogP contribution in [-0.2, 0) is 4.79 Å². The Morgan fingerprint density at radius 2 is 2.05 bits per heavy atom. The lowest BCUT2D eigenvalue weighted by molar-refractivity contribution is -0.118. The van der Waals surface area contributed by atoms with E-state index in [4.69, 9.17) is 14.2 Å². The third kappa shape index (κ3) is 2.85. The minimum absolute atomic E-state index is 0.0553. The Balaban J connectivity index is 1.78. The standard InChI is InChI=1S/C16H13NO5/c1-20-11-4-2-3-10(7-11)16(19)22-12-5-6-13-14(8-12)21-9-15(18)17-13/h2-8H,9H2,1H3,(H,17,18). The number of hydrogen-bond acceptors (Lipinski definition) is 5. The molecule has 1 N–H and O–H groups in total. The van der Waals surface area contributed by atoms with E-state index in [-0.39, 0.29) is 12.5 Å². The number of esters is 1. The molecule has 0 fully saturated rings. The zero-order valence-corrected chi connectivity index (χ0v) is 11.8. The number of carbonyl (C=O) groups is 2. The van der Waals surface area contributed by atoms with Crippen LogP contribution in [0.4, 0.5) is 5.69 Å². The minimum atomic E-state index is -0.501. The lowest BCUT2D eigenvalue weighted by atomic mass is 10.2. The summed E-state index contributed by atoms with van der Waals surface area (Å²) in [5.74, 6) is 0.663. The Labute approximate surface area is 126 Å². The van der Waals surface area contributed by atoms with Crippen LogP contribution >= 0.6 is 0 Å². The third-order valence-electron chi connectivity index (χ3n) is 3.10. The van der Waals surface area contributed by atoms with Crippen molar-refractivity contribution in [2.75, 3.05) is 19.0 Å². The molecule has 0 aromatic heterocycles. The fourth-order valence-electron chi connectivity index (χ4n) is 2.03. The number of ether oxygens (including phenoxy) is 3. The lowest BCUT2D eigenvalue weighted by Gasteiger charge is -2.18. The molecule has 1 aliphatic rings. The number of anilines is 1. The number of carbonyl (C=O) groups excluding carboxylic acids is 2. The maximum Gasteiger partial charge on any atom is 0.343 e. The Kier molecular flexibility index (Phi) is 3.65. The highest BCUT2D eigenvalue weighted by Gasteiger charge is 2.17. The Bertz CT molecular complexity index is 741. The second-order valence-electron chi connectivity index (χ2n) is 4.62. The van der Waals surface area contributed by atoms with Gasteiger partial charge < -0.3 is 19.5 Å². The quantitative estimate of drug-likeness (QED) is 0.695. The highest BCUT2D eigenvalue weighted by atomic mass is 16.5. The van der Waals surface area contributed by atoms with E-state index in [2.05, 4.69) is 5.32 Å². The van der Waals surface area contributed by atoms with E-state index in [1.54, 1.807) is 42.5 Å². The van der Waals surface area contributed by atoms with Gasteiger partial charge in [-0.3, -0.25) is 4.79 Å². The molecule has 0 aliphatic carbocycles. The number of fused-ring (bicyclic) bond motifs is 1. The molecule has 3 rings (SSSR count). The lowest BCUT2D eigenvalue weighted by Crippen LogP contribution is -2.25. The van der Waals surface area contributed by atoms with Crippen molar-refractivity contribution in [1.82, 2.24) is 0 Å². The highest BCUT2D eigenvalue weighted by Crippen LogP contribution is 2.31. The SMILES string of the molecule is COc1cccc(C(=O)Oc2ccc3c(c2)OCC(=O)N3)c1. The van der Waals surface area contributed by atoms with Crippen molar-refractivity contribution in [3.63, 3.8) is 0 Å². The predicted molar refractivity (Wildman–Crippen MR) is 78.5 cm³/mol. The summed E-state index contributed by atoms with van der Waals surface area (Å²) < 4.78 is 15.7. The smallest absolute Gasteiger partial charge is 0.343 e. The second kappa shape index (κ2) is 5.77. The zero-order chi connectivity index (χ0) is 15.5. The summed E-state index contributed by atoms with van der Waals surface area (Å²) in [6.07, 6.45) is 0. The molecule has 2 aromatic rings. The maximum absolute atomic E-state index is 12.1. The molecule has 6 heteroatoms. The molecule has 0 radical (unpaired) electrons. The van der Waals surface area contributed by atoms with Gasteiger partial charge in [-0.1, -0.05) is 6.07 Å². The normalized spacial score (nSPS) is 12.7. The van der Waals surface area contributed by atoms with E-state index in [1.807, 2.05) is 0 Å². The summed E-state index contributed by atoms with van der Waals surface area (Å²) in [4.78, 5) is 23.3. The molecule has 0 saturated carbocycles. The van der Waals surface area contributed by atoms with Gasteiger partial charge in [-0.05, 0) is 30.3 Å². The van der Waals surface area contributed by atoms with Gasteiger partial charge in [0.1, 0.15) is 17.2 Å². The van der Waals surface area contributed by atoms with E-state index < -0.39 is 5.97 Å². The van der Waals surface area contributed by atoms with E-state index in [1.165, 1.54) is 7.11 Å². The molecule has 2 aromatic carbocycles. The fraction of sp³-hybridized carbons (Fsp3) is 0.125. The zero-order valence-electron chi connectivity index (χ0n) is 11.8. The van der Waals surface area contributed by atoms with Gasteiger partial charge in [-0.25, -0.2) is 4.79 Å². The van der Waals surface area contributed by atoms with Crippen LogP contribution in [0, 0.1) is 0 Å². The van der Waals surface area contributed by atoms with Crippen LogP contribution in [0.3, 0.4) is 0 Å². The number of benzene rings is 2. The van der Waals surface area contributed by atoms with E-state index in [0.29, 0.717) is 28.5 Å². The average molecular weight is 299 g/mol. The highest BCUT2D eigenvalue weighted by molar-refractivity contribution is 5.96. The van der Waals surface area contributed by atoms with Gasteiger partial charge in [-0.15, -0.1) is 0 Å². The predicted octanol–water partition coefficient (Wildman–Crippen LogP) is 2.25. The Hall–Kier alpha value is -3.02. The molecule has 0 unspecified atom stereocenters. The monoisotopic (exact) mass is 299 g/mol. The van der Waals surface area contributed by atoms with Crippen molar-refractivity contribution in [3.8, 4) is 17.2 Å². The molecule has 1 heterocycles. The van der Waals surface area contributed by atoms with Crippen molar-refractivity contribution in [2.24, 2.45) is 0 Å². The molecular weight excluding hydrogens is 286 g/mol. The molecule has 112 valence electrons. The van der Waals surface area contributed by atoms with Gasteiger partial charge in [0, 0.05) is 6.07 Å². The minimum Gasteiger partial charge on any atom is -0.497 e. The average Bonchev–Trinajstić information content (AvgIpc) is 2.55. The van der Waals surface area contributed by atoms with Crippen molar-refractivity contribution in [2.45, 2.75) is 0 Å². The van der Waals surface area contributed by atoms with Gasteiger partial charge in [0.05, 0.1) is 18.4 Å². The number of hydrogen-bond donors (Lipinski definition) is 1. The van der Waals surface area contributed by atoms with Crippen LogP contribution in [0.15, 0.2) is 42.5 Å². The third-order valence-corrected chi connectivity index (χ3v) is 3.10. The Morgan fingerprint density at radius 1 is 1.18 bits per heavy atom. The molecular formula is C16H13NO5. The number of amides is 1.